The normalized spacial score (nSPS) is 18.2. The second-order valence-corrected chi connectivity index (χ2v) is 2.43. The van der Waals surface area contributed by atoms with Crippen molar-refractivity contribution in [3.05, 3.63) is 11.8 Å². The van der Waals surface area contributed by atoms with Gasteiger partial charge >= 0.3 is 0 Å². The molecule has 0 saturated heterocycles. The zero-order chi connectivity index (χ0) is 6.27. The van der Waals surface area contributed by atoms with Crippen molar-refractivity contribution in [2.24, 2.45) is 0 Å². The smallest absolute Gasteiger partial charge is 0.222 e. The average Bonchev–Trinajstić information content (AvgIpc) is 2.58. The molecule has 9 heavy (non-hydrogen) atoms. The van der Waals surface area contributed by atoms with E-state index in [9.17, 15) is 0 Å². The minimum absolute atomic E-state index is 0.428. The Morgan fingerprint density at radius 3 is 2.89 bits per heavy atom. The van der Waals surface area contributed by atoms with Crippen LogP contribution in [0.2, 0.25) is 0 Å². The molecule has 0 spiro atoms. The van der Waals surface area contributed by atoms with Gasteiger partial charge in [0.25, 0.3) is 0 Å². The highest BCUT2D eigenvalue weighted by Gasteiger charge is 2.26. The number of aromatic nitrogens is 1. The molecule has 1 aliphatic carbocycles. The summed E-state index contributed by atoms with van der Waals surface area (Å²) < 4.78 is 4.69. The van der Waals surface area contributed by atoms with E-state index >= 15 is 0 Å². The molecule has 0 radical (unpaired) electrons. The first-order valence-corrected chi connectivity index (χ1v) is 3.08. The van der Waals surface area contributed by atoms with Gasteiger partial charge < -0.3 is 10.3 Å². The van der Waals surface area contributed by atoms with Gasteiger partial charge in [0.2, 0.25) is 5.88 Å². The zero-order valence-corrected chi connectivity index (χ0v) is 5.00. The molecule has 0 aromatic carbocycles. The summed E-state index contributed by atoms with van der Waals surface area (Å²) in [5.41, 5.74) is 6.34. The fourth-order valence-corrected chi connectivity index (χ4v) is 0.875. The standard InChI is InChI=1S/C6H8N2O/c7-6-3-5(8-9-6)4-1-2-4/h3-4H,1-2,7H2. The lowest BCUT2D eigenvalue weighted by Crippen LogP contribution is -1.76. The lowest BCUT2D eigenvalue weighted by atomic mass is 10.3. The first-order valence-electron chi connectivity index (χ1n) is 3.08. The van der Waals surface area contributed by atoms with Crippen LogP contribution in [0.15, 0.2) is 10.6 Å². The molecule has 2 rings (SSSR count). The Kier molecular flexibility index (Phi) is 0.806. The summed E-state index contributed by atoms with van der Waals surface area (Å²) in [7, 11) is 0. The van der Waals surface area contributed by atoms with Crippen LogP contribution < -0.4 is 5.73 Å². The van der Waals surface area contributed by atoms with Crippen molar-refractivity contribution in [2.45, 2.75) is 18.8 Å². The molecule has 3 heteroatoms. The molecule has 0 amide bonds. The SMILES string of the molecule is Nc1cc(C2CC2)no1. The second-order valence-electron chi connectivity index (χ2n) is 2.43. The van der Waals surface area contributed by atoms with Crippen molar-refractivity contribution < 1.29 is 4.52 Å². The Labute approximate surface area is 52.8 Å². The van der Waals surface area contributed by atoms with E-state index in [1.807, 2.05) is 0 Å². The lowest BCUT2D eigenvalue weighted by Gasteiger charge is -1.78. The molecule has 0 unspecified atom stereocenters. The molecule has 3 nitrogen and oxygen atoms in total. The Morgan fingerprint density at radius 1 is 1.67 bits per heavy atom. The quantitative estimate of drug-likeness (QED) is 0.610. The van der Waals surface area contributed by atoms with Crippen LogP contribution in [0.3, 0.4) is 0 Å². The van der Waals surface area contributed by atoms with Crippen LogP contribution in [0.25, 0.3) is 0 Å². The number of nitrogen functional groups attached to an aromatic ring is 1. The van der Waals surface area contributed by atoms with Crippen LogP contribution in [0, 0.1) is 0 Å². The van der Waals surface area contributed by atoms with Crippen molar-refractivity contribution in [3.8, 4) is 0 Å². The summed E-state index contributed by atoms with van der Waals surface area (Å²) in [4.78, 5) is 0. The topological polar surface area (TPSA) is 52.0 Å². The third-order valence-corrected chi connectivity index (χ3v) is 1.54. The fraction of sp³-hybridized carbons (Fsp3) is 0.500. The van der Waals surface area contributed by atoms with Gasteiger partial charge in [-0.1, -0.05) is 5.16 Å². The van der Waals surface area contributed by atoms with Gasteiger partial charge in [-0.15, -0.1) is 0 Å². The van der Waals surface area contributed by atoms with Crippen LogP contribution in [0.4, 0.5) is 5.88 Å². The van der Waals surface area contributed by atoms with E-state index < -0.39 is 0 Å². The zero-order valence-electron chi connectivity index (χ0n) is 5.00. The molecule has 1 heterocycles. The van der Waals surface area contributed by atoms with Crippen molar-refractivity contribution in [3.63, 3.8) is 0 Å². The Hall–Kier alpha value is -0.990. The van der Waals surface area contributed by atoms with Gasteiger partial charge in [0.05, 0.1) is 5.69 Å². The molecular weight excluding hydrogens is 116 g/mol. The average molecular weight is 124 g/mol. The van der Waals surface area contributed by atoms with E-state index in [4.69, 9.17) is 10.3 Å². The summed E-state index contributed by atoms with van der Waals surface area (Å²) in [6.45, 7) is 0. The van der Waals surface area contributed by atoms with Crippen LogP contribution in [-0.4, -0.2) is 5.16 Å². The summed E-state index contributed by atoms with van der Waals surface area (Å²) in [6, 6.07) is 1.80. The number of nitrogens with two attached hydrogens (primary N) is 1. The Bertz CT molecular complexity index is 215. The molecule has 0 atom stereocenters. The number of hydrogen-bond acceptors (Lipinski definition) is 3. The van der Waals surface area contributed by atoms with Crippen molar-refractivity contribution in [2.75, 3.05) is 5.73 Å². The third kappa shape index (κ3) is 0.781. The molecule has 1 aromatic heterocycles. The second kappa shape index (κ2) is 1.50. The van der Waals surface area contributed by atoms with Gasteiger partial charge in [0, 0.05) is 12.0 Å². The monoisotopic (exact) mass is 124 g/mol. The third-order valence-electron chi connectivity index (χ3n) is 1.54. The maximum absolute atomic E-state index is 5.32. The maximum atomic E-state index is 5.32. The minimum atomic E-state index is 0.428. The number of anilines is 1. The lowest BCUT2D eigenvalue weighted by molar-refractivity contribution is 0.428. The first kappa shape index (κ1) is 4.85. The first-order chi connectivity index (χ1) is 4.36. The molecule has 1 saturated carbocycles. The van der Waals surface area contributed by atoms with Gasteiger partial charge in [-0.3, -0.25) is 0 Å². The summed E-state index contributed by atoms with van der Waals surface area (Å²) in [5.74, 6) is 1.07. The highest BCUT2D eigenvalue weighted by molar-refractivity contribution is 5.28. The molecular formula is C6H8N2O. The van der Waals surface area contributed by atoms with Crippen LogP contribution in [-0.2, 0) is 0 Å². The molecule has 0 bridgehead atoms. The summed E-state index contributed by atoms with van der Waals surface area (Å²) in [5, 5.41) is 3.78. The van der Waals surface area contributed by atoms with Crippen molar-refractivity contribution in [1.29, 1.82) is 0 Å². The van der Waals surface area contributed by atoms with Crippen LogP contribution >= 0.6 is 0 Å². The van der Waals surface area contributed by atoms with Gasteiger partial charge in [0.1, 0.15) is 0 Å². The molecule has 1 aliphatic rings. The molecule has 1 fully saturated rings. The molecule has 48 valence electrons. The van der Waals surface area contributed by atoms with E-state index in [-0.39, 0.29) is 0 Å². The highest BCUT2D eigenvalue weighted by Crippen LogP contribution is 2.39. The highest BCUT2D eigenvalue weighted by atomic mass is 16.5. The Balaban J connectivity index is 2.28. The number of nitrogens with zero attached hydrogens (tertiary/aromatic N) is 1. The van der Waals surface area contributed by atoms with Gasteiger partial charge in [-0.2, -0.15) is 0 Å². The van der Waals surface area contributed by atoms with E-state index in [0.29, 0.717) is 11.8 Å². The van der Waals surface area contributed by atoms with Crippen molar-refractivity contribution >= 4 is 5.88 Å². The van der Waals surface area contributed by atoms with E-state index in [1.165, 1.54) is 12.8 Å². The van der Waals surface area contributed by atoms with Crippen LogP contribution in [0.1, 0.15) is 24.5 Å². The number of hydrogen-bond donors (Lipinski definition) is 1. The van der Waals surface area contributed by atoms with E-state index in [2.05, 4.69) is 5.16 Å². The summed E-state index contributed by atoms with van der Waals surface area (Å²) in [6.07, 6.45) is 2.48. The van der Waals surface area contributed by atoms with Gasteiger partial charge in [-0.25, -0.2) is 0 Å². The molecule has 2 N–H and O–H groups in total. The predicted molar refractivity (Wildman–Crippen MR) is 32.9 cm³/mol. The van der Waals surface area contributed by atoms with E-state index in [0.717, 1.165) is 5.69 Å². The maximum Gasteiger partial charge on any atom is 0.222 e. The van der Waals surface area contributed by atoms with Gasteiger partial charge in [0.15, 0.2) is 0 Å². The van der Waals surface area contributed by atoms with Gasteiger partial charge in [-0.05, 0) is 12.8 Å². The molecule has 0 aliphatic heterocycles. The summed E-state index contributed by atoms with van der Waals surface area (Å²) >= 11 is 0. The van der Waals surface area contributed by atoms with Crippen molar-refractivity contribution in [1.82, 2.24) is 5.16 Å². The van der Waals surface area contributed by atoms with Crippen LogP contribution in [0.5, 0.6) is 0 Å². The van der Waals surface area contributed by atoms with E-state index in [1.54, 1.807) is 6.07 Å². The predicted octanol–water partition coefficient (Wildman–Crippen LogP) is 1.13. The minimum Gasteiger partial charge on any atom is -0.368 e. The molecule has 1 aromatic rings. The number of rotatable bonds is 1. The fourth-order valence-electron chi connectivity index (χ4n) is 0.875. The Morgan fingerprint density at radius 2 is 2.44 bits per heavy atom. The largest absolute Gasteiger partial charge is 0.368 e.